The topological polar surface area (TPSA) is 66.0 Å². The van der Waals surface area contributed by atoms with Crippen LogP contribution in [0.15, 0.2) is 72.8 Å². The van der Waals surface area contributed by atoms with Gasteiger partial charge in [-0.2, -0.15) is 5.26 Å². The van der Waals surface area contributed by atoms with Crippen LogP contribution in [-0.2, 0) is 6.54 Å². The number of benzene rings is 3. The van der Waals surface area contributed by atoms with E-state index in [1.807, 2.05) is 55.5 Å². The predicted molar refractivity (Wildman–Crippen MR) is 124 cm³/mol. The zero-order chi connectivity index (χ0) is 22.0. The van der Waals surface area contributed by atoms with Crippen LogP contribution < -0.4 is 0 Å². The molecule has 0 fully saturated rings. The van der Waals surface area contributed by atoms with Crippen molar-refractivity contribution >= 4 is 40.1 Å². The smallest absolute Gasteiger partial charge is 0.335 e. The van der Waals surface area contributed by atoms with Crippen molar-refractivity contribution in [2.75, 3.05) is 0 Å². The number of nitrogens with zero attached hydrogens (tertiary/aromatic N) is 2. The summed E-state index contributed by atoms with van der Waals surface area (Å²) in [6.45, 7) is 2.65. The minimum absolute atomic E-state index is 0.188. The maximum atomic E-state index is 11.1. The van der Waals surface area contributed by atoms with Crippen LogP contribution in [0.2, 0.25) is 5.02 Å². The number of rotatable bonds is 5. The van der Waals surface area contributed by atoms with Crippen LogP contribution in [0.4, 0.5) is 0 Å². The van der Waals surface area contributed by atoms with Crippen molar-refractivity contribution in [2.24, 2.45) is 0 Å². The molecule has 0 radical (unpaired) electrons. The number of aromatic carboxylic acids is 1. The Labute approximate surface area is 185 Å². The van der Waals surface area contributed by atoms with Gasteiger partial charge in [0.25, 0.3) is 0 Å². The van der Waals surface area contributed by atoms with Crippen molar-refractivity contribution in [1.82, 2.24) is 4.57 Å². The molecule has 1 heterocycles. The summed E-state index contributed by atoms with van der Waals surface area (Å²) in [4.78, 5) is 11.1. The lowest BCUT2D eigenvalue weighted by Gasteiger charge is -2.10. The molecule has 1 N–H and O–H groups in total. The van der Waals surface area contributed by atoms with Crippen molar-refractivity contribution in [2.45, 2.75) is 13.5 Å². The normalized spacial score (nSPS) is 11.5. The molecule has 0 bridgehead atoms. The van der Waals surface area contributed by atoms with Crippen LogP contribution in [0, 0.1) is 18.3 Å². The van der Waals surface area contributed by atoms with Gasteiger partial charge >= 0.3 is 5.97 Å². The molecule has 0 saturated carbocycles. The number of fused-ring (bicyclic) bond motifs is 1. The summed E-state index contributed by atoms with van der Waals surface area (Å²) in [6.07, 6.45) is 1.87. The highest BCUT2D eigenvalue weighted by atomic mass is 35.5. The van der Waals surface area contributed by atoms with Crippen LogP contribution in [-0.4, -0.2) is 15.6 Å². The number of carboxylic acid groups (broad SMARTS) is 1. The van der Waals surface area contributed by atoms with E-state index in [0.717, 1.165) is 27.7 Å². The van der Waals surface area contributed by atoms with Crippen LogP contribution in [0.5, 0.6) is 0 Å². The van der Waals surface area contributed by atoms with Crippen molar-refractivity contribution in [1.29, 1.82) is 5.26 Å². The highest BCUT2D eigenvalue weighted by molar-refractivity contribution is 6.31. The molecule has 31 heavy (non-hydrogen) atoms. The quantitative estimate of drug-likeness (QED) is 0.375. The molecular formula is C26H19ClN2O2. The molecule has 4 rings (SSSR count). The van der Waals surface area contributed by atoms with Gasteiger partial charge in [-0.15, -0.1) is 0 Å². The first kappa shape index (κ1) is 20.5. The van der Waals surface area contributed by atoms with E-state index in [4.69, 9.17) is 16.7 Å². The molecule has 0 amide bonds. The lowest BCUT2D eigenvalue weighted by molar-refractivity contribution is 0.0697. The Morgan fingerprint density at radius 3 is 2.35 bits per heavy atom. The maximum Gasteiger partial charge on any atom is 0.335 e. The summed E-state index contributed by atoms with van der Waals surface area (Å²) < 4.78 is 2.20. The van der Waals surface area contributed by atoms with Gasteiger partial charge in [0.15, 0.2) is 0 Å². The van der Waals surface area contributed by atoms with Crippen LogP contribution in [0.1, 0.15) is 32.7 Å². The third kappa shape index (κ3) is 3.96. The fourth-order valence-electron chi connectivity index (χ4n) is 3.76. The van der Waals surface area contributed by atoms with Gasteiger partial charge in [0.1, 0.15) is 0 Å². The van der Waals surface area contributed by atoms with Gasteiger partial charge in [-0.25, -0.2) is 4.79 Å². The number of carboxylic acids is 1. The van der Waals surface area contributed by atoms with Crippen LogP contribution in [0.25, 0.3) is 22.6 Å². The summed E-state index contributed by atoms with van der Waals surface area (Å²) >= 11 is 6.40. The van der Waals surface area contributed by atoms with E-state index in [-0.39, 0.29) is 5.56 Å². The maximum absolute atomic E-state index is 11.1. The summed E-state index contributed by atoms with van der Waals surface area (Å²) in [5, 5.41) is 20.7. The molecule has 0 spiro atoms. The van der Waals surface area contributed by atoms with Gasteiger partial charge in [-0.05, 0) is 48.4 Å². The zero-order valence-corrected chi connectivity index (χ0v) is 17.6. The Balaban J connectivity index is 1.84. The van der Waals surface area contributed by atoms with E-state index >= 15 is 0 Å². The molecule has 1 aromatic heterocycles. The second-order valence-corrected chi connectivity index (χ2v) is 7.65. The Hall–Kier alpha value is -3.81. The Kier molecular flexibility index (Phi) is 5.62. The minimum atomic E-state index is -0.993. The lowest BCUT2D eigenvalue weighted by atomic mass is 10.0. The first-order valence-electron chi connectivity index (χ1n) is 9.76. The predicted octanol–water partition coefficient (Wildman–Crippen LogP) is 6.41. The largest absolute Gasteiger partial charge is 0.478 e. The lowest BCUT2D eigenvalue weighted by Crippen LogP contribution is -2.02. The fourth-order valence-corrected chi connectivity index (χ4v) is 3.95. The second-order valence-electron chi connectivity index (χ2n) is 7.25. The SMILES string of the molecule is Cc1c(/C=C(/C#N)c2ccc(C(=O)O)cc2)c2ccccc2n1Cc1ccccc1Cl. The average Bonchev–Trinajstić information content (AvgIpc) is 3.04. The third-order valence-electron chi connectivity index (χ3n) is 5.42. The molecule has 4 nitrogen and oxygen atoms in total. The van der Waals surface area contributed by atoms with E-state index < -0.39 is 5.97 Å². The van der Waals surface area contributed by atoms with Gasteiger partial charge in [-0.1, -0.05) is 60.1 Å². The van der Waals surface area contributed by atoms with E-state index in [1.54, 1.807) is 12.1 Å². The molecule has 4 aromatic rings. The number of aromatic nitrogens is 1. The molecule has 5 heteroatoms. The van der Waals surface area contributed by atoms with Gasteiger partial charge < -0.3 is 9.67 Å². The first-order chi connectivity index (χ1) is 15.0. The van der Waals surface area contributed by atoms with E-state index in [0.29, 0.717) is 22.7 Å². The van der Waals surface area contributed by atoms with E-state index in [9.17, 15) is 10.1 Å². The summed E-state index contributed by atoms with van der Waals surface area (Å²) in [5.74, 6) is -0.993. The number of allylic oxidation sites excluding steroid dienone is 1. The molecule has 152 valence electrons. The molecular weight excluding hydrogens is 408 g/mol. The Bertz CT molecular complexity index is 1360. The molecule has 0 atom stereocenters. The summed E-state index contributed by atoms with van der Waals surface area (Å²) in [7, 11) is 0. The zero-order valence-electron chi connectivity index (χ0n) is 16.8. The average molecular weight is 427 g/mol. The molecule has 0 saturated heterocycles. The number of para-hydroxylation sites is 1. The first-order valence-corrected chi connectivity index (χ1v) is 10.1. The Morgan fingerprint density at radius 1 is 1.03 bits per heavy atom. The molecule has 3 aromatic carbocycles. The van der Waals surface area contributed by atoms with Crippen molar-refractivity contribution < 1.29 is 9.90 Å². The van der Waals surface area contributed by atoms with Gasteiger partial charge in [0, 0.05) is 33.7 Å². The molecule has 0 aliphatic carbocycles. The summed E-state index contributed by atoms with van der Waals surface area (Å²) in [6, 6.07) is 24.5. The standard InChI is InChI=1S/C26H19ClN2O2/c1-17-23(14-21(15-28)18-10-12-19(13-11-18)26(30)31)22-7-3-5-9-25(22)29(17)16-20-6-2-4-8-24(20)27/h2-14H,16H2,1H3,(H,30,31)/b21-14-. The van der Waals surface area contributed by atoms with Crippen LogP contribution >= 0.6 is 11.6 Å². The molecule has 0 aliphatic heterocycles. The number of halogens is 1. The molecule has 0 unspecified atom stereocenters. The highest BCUT2D eigenvalue weighted by Gasteiger charge is 2.15. The van der Waals surface area contributed by atoms with Gasteiger partial charge in [0.05, 0.1) is 17.2 Å². The Morgan fingerprint density at radius 2 is 1.68 bits per heavy atom. The number of nitriles is 1. The molecule has 0 aliphatic rings. The number of carbonyl (C=O) groups is 1. The van der Waals surface area contributed by atoms with Gasteiger partial charge in [0.2, 0.25) is 0 Å². The van der Waals surface area contributed by atoms with Crippen molar-refractivity contribution in [3.63, 3.8) is 0 Å². The van der Waals surface area contributed by atoms with E-state index in [1.165, 1.54) is 12.1 Å². The minimum Gasteiger partial charge on any atom is -0.478 e. The third-order valence-corrected chi connectivity index (χ3v) is 5.79. The van der Waals surface area contributed by atoms with Crippen molar-refractivity contribution in [3.8, 4) is 6.07 Å². The second kappa shape index (κ2) is 8.51. The summed E-state index contributed by atoms with van der Waals surface area (Å²) in [5.41, 5.74) is 5.40. The number of hydrogen-bond donors (Lipinski definition) is 1. The van der Waals surface area contributed by atoms with E-state index in [2.05, 4.69) is 16.7 Å². The van der Waals surface area contributed by atoms with Crippen LogP contribution in [0.3, 0.4) is 0 Å². The number of hydrogen-bond acceptors (Lipinski definition) is 2. The highest BCUT2D eigenvalue weighted by Crippen LogP contribution is 2.31. The van der Waals surface area contributed by atoms with Gasteiger partial charge in [-0.3, -0.25) is 0 Å². The van der Waals surface area contributed by atoms with Crippen molar-refractivity contribution in [3.05, 3.63) is 106 Å². The monoisotopic (exact) mass is 426 g/mol. The fraction of sp³-hybridized carbons (Fsp3) is 0.0769.